The molecule has 1 heterocycles. The lowest BCUT2D eigenvalue weighted by Gasteiger charge is -2.24. The molecule has 2 rings (SSSR count). The number of carbonyl (C=O) groups excluding carboxylic acids is 1. The zero-order valence-electron chi connectivity index (χ0n) is 12.7. The predicted octanol–water partition coefficient (Wildman–Crippen LogP) is 3.34. The SMILES string of the molecule is CN(C)C(CNC(=O)c1ccc(Cl)c([N+](=O)[O-])c1)c1ccsc1. The van der Waals surface area contributed by atoms with Crippen LogP contribution < -0.4 is 5.32 Å². The first kappa shape index (κ1) is 17.4. The van der Waals surface area contributed by atoms with Crippen LogP contribution >= 0.6 is 22.9 Å². The maximum Gasteiger partial charge on any atom is 0.288 e. The van der Waals surface area contributed by atoms with Gasteiger partial charge in [0, 0.05) is 18.2 Å². The topological polar surface area (TPSA) is 75.5 Å². The average Bonchev–Trinajstić information content (AvgIpc) is 3.01. The smallest absolute Gasteiger partial charge is 0.288 e. The summed E-state index contributed by atoms with van der Waals surface area (Å²) in [7, 11) is 3.86. The van der Waals surface area contributed by atoms with Gasteiger partial charge in [-0.05, 0) is 48.6 Å². The largest absolute Gasteiger partial charge is 0.350 e. The number of rotatable bonds is 6. The molecule has 1 unspecified atom stereocenters. The van der Waals surface area contributed by atoms with Crippen molar-refractivity contribution in [1.82, 2.24) is 10.2 Å². The zero-order valence-corrected chi connectivity index (χ0v) is 14.2. The maximum absolute atomic E-state index is 12.2. The lowest BCUT2D eigenvalue weighted by molar-refractivity contribution is -0.384. The van der Waals surface area contributed by atoms with E-state index >= 15 is 0 Å². The third-order valence-corrected chi connectivity index (χ3v) is 4.43. The Hall–Kier alpha value is -1.96. The van der Waals surface area contributed by atoms with Gasteiger partial charge in [0.15, 0.2) is 0 Å². The summed E-state index contributed by atoms with van der Waals surface area (Å²) in [5, 5.41) is 17.7. The zero-order chi connectivity index (χ0) is 17.0. The number of hydrogen-bond donors (Lipinski definition) is 1. The molecule has 122 valence electrons. The van der Waals surface area contributed by atoms with Gasteiger partial charge in [-0.1, -0.05) is 11.6 Å². The first-order valence-electron chi connectivity index (χ1n) is 6.81. The molecule has 1 atom stereocenters. The van der Waals surface area contributed by atoms with Crippen LogP contribution in [0.3, 0.4) is 0 Å². The van der Waals surface area contributed by atoms with E-state index in [1.165, 1.54) is 18.2 Å². The molecule has 1 aromatic carbocycles. The molecule has 8 heteroatoms. The summed E-state index contributed by atoms with van der Waals surface area (Å²) in [6.07, 6.45) is 0. The third kappa shape index (κ3) is 4.28. The number of benzene rings is 1. The minimum absolute atomic E-state index is 0.0102. The molecule has 1 aromatic heterocycles. The van der Waals surface area contributed by atoms with Gasteiger partial charge in [-0.2, -0.15) is 11.3 Å². The van der Waals surface area contributed by atoms with Crippen molar-refractivity contribution in [2.45, 2.75) is 6.04 Å². The second-order valence-electron chi connectivity index (χ2n) is 5.17. The molecule has 0 radical (unpaired) electrons. The number of carbonyl (C=O) groups is 1. The Kier molecular flexibility index (Phi) is 5.70. The van der Waals surface area contributed by atoms with Crippen LogP contribution in [0.2, 0.25) is 5.02 Å². The second-order valence-corrected chi connectivity index (χ2v) is 6.36. The highest BCUT2D eigenvalue weighted by Gasteiger charge is 2.19. The highest BCUT2D eigenvalue weighted by Crippen LogP contribution is 2.25. The van der Waals surface area contributed by atoms with Gasteiger partial charge in [0.25, 0.3) is 11.6 Å². The summed E-state index contributed by atoms with van der Waals surface area (Å²) >= 11 is 7.35. The monoisotopic (exact) mass is 353 g/mol. The molecule has 2 aromatic rings. The number of halogens is 1. The van der Waals surface area contributed by atoms with Crippen molar-refractivity contribution in [1.29, 1.82) is 0 Å². The number of nitro benzene ring substituents is 1. The van der Waals surface area contributed by atoms with Crippen LogP contribution in [-0.4, -0.2) is 36.4 Å². The summed E-state index contributed by atoms with van der Waals surface area (Å²) in [4.78, 5) is 24.5. The Balaban J connectivity index is 2.10. The fourth-order valence-electron chi connectivity index (χ4n) is 2.15. The molecule has 0 saturated carbocycles. The highest BCUT2D eigenvalue weighted by molar-refractivity contribution is 7.07. The summed E-state index contributed by atoms with van der Waals surface area (Å²) in [6.45, 7) is 0.402. The number of hydrogen-bond acceptors (Lipinski definition) is 5. The first-order valence-corrected chi connectivity index (χ1v) is 8.13. The van der Waals surface area contributed by atoms with E-state index in [4.69, 9.17) is 11.6 Å². The minimum atomic E-state index is -0.604. The Morgan fingerprint density at radius 2 is 2.17 bits per heavy atom. The van der Waals surface area contributed by atoms with E-state index in [9.17, 15) is 14.9 Å². The Bertz CT molecular complexity index is 704. The summed E-state index contributed by atoms with van der Waals surface area (Å²) < 4.78 is 0. The van der Waals surface area contributed by atoms with Crippen molar-refractivity contribution >= 4 is 34.5 Å². The number of nitrogens with one attached hydrogen (secondary N) is 1. The molecule has 1 N–H and O–H groups in total. The van der Waals surface area contributed by atoms with E-state index in [1.54, 1.807) is 11.3 Å². The fraction of sp³-hybridized carbons (Fsp3) is 0.267. The average molecular weight is 354 g/mol. The highest BCUT2D eigenvalue weighted by atomic mass is 35.5. The lowest BCUT2D eigenvalue weighted by Crippen LogP contribution is -2.34. The van der Waals surface area contributed by atoms with Gasteiger partial charge < -0.3 is 10.2 Å². The van der Waals surface area contributed by atoms with Crippen molar-refractivity contribution in [3.05, 3.63) is 61.3 Å². The molecule has 0 aliphatic carbocycles. The molecule has 0 aliphatic rings. The van der Waals surface area contributed by atoms with Gasteiger partial charge in [0.05, 0.1) is 11.0 Å². The van der Waals surface area contributed by atoms with Crippen LogP contribution in [0.25, 0.3) is 0 Å². The van der Waals surface area contributed by atoms with Gasteiger partial charge in [0.1, 0.15) is 5.02 Å². The molecular formula is C15H16ClN3O3S. The Morgan fingerprint density at radius 1 is 1.43 bits per heavy atom. The number of amides is 1. The number of likely N-dealkylation sites (N-methyl/N-ethyl adjacent to an activating group) is 1. The van der Waals surface area contributed by atoms with Crippen LogP contribution in [0.1, 0.15) is 22.0 Å². The normalized spacial score (nSPS) is 12.2. The van der Waals surface area contributed by atoms with E-state index in [-0.39, 0.29) is 28.2 Å². The lowest BCUT2D eigenvalue weighted by atomic mass is 10.1. The number of thiophene rings is 1. The van der Waals surface area contributed by atoms with Gasteiger partial charge in [-0.3, -0.25) is 14.9 Å². The molecule has 23 heavy (non-hydrogen) atoms. The van der Waals surface area contributed by atoms with Crippen molar-refractivity contribution in [3.8, 4) is 0 Å². The second kappa shape index (κ2) is 7.54. The summed E-state index contributed by atoms with van der Waals surface area (Å²) in [5.41, 5.74) is 1.05. The van der Waals surface area contributed by atoms with Crippen LogP contribution in [-0.2, 0) is 0 Å². The predicted molar refractivity (Wildman–Crippen MR) is 91.2 cm³/mol. The van der Waals surface area contributed by atoms with Gasteiger partial charge in [-0.15, -0.1) is 0 Å². The molecule has 0 saturated heterocycles. The maximum atomic E-state index is 12.2. The van der Waals surface area contributed by atoms with Gasteiger partial charge in [0.2, 0.25) is 0 Å². The number of nitrogens with zero attached hydrogens (tertiary/aromatic N) is 2. The summed E-state index contributed by atoms with van der Waals surface area (Å²) in [6, 6.07) is 6.06. The molecule has 1 amide bonds. The van der Waals surface area contributed by atoms with E-state index in [0.717, 1.165) is 5.56 Å². The first-order chi connectivity index (χ1) is 10.9. The molecule has 0 spiro atoms. The fourth-order valence-corrected chi connectivity index (χ4v) is 3.04. The van der Waals surface area contributed by atoms with E-state index in [1.807, 2.05) is 35.8 Å². The van der Waals surface area contributed by atoms with Crippen molar-refractivity contribution in [2.24, 2.45) is 0 Å². The van der Waals surface area contributed by atoms with Gasteiger partial charge >= 0.3 is 0 Å². The Morgan fingerprint density at radius 3 is 2.74 bits per heavy atom. The quantitative estimate of drug-likeness (QED) is 0.638. The summed E-state index contributed by atoms with van der Waals surface area (Å²) in [5.74, 6) is -0.369. The van der Waals surface area contributed by atoms with Gasteiger partial charge in [-0.25, -0.2) is 0 Å². The minimum Gasteiger partial charge on any atom is -0.350 e. The standard InChI is InChI=1S/C15H16ClN3O3S/c1-18(2)14(11-5-6-23-9-11)8-17-15(20)10-3-4-12(16)13(7-10)19(21)22/h3-7,9,14H,8H2,1-2H3,(H,17,20). The molecular weight excluding hydrogens is 338 g/mol. The molecule has 0 bridgehead atoms. The molecule has 0 aliphatic heterocycles. The van der Waals surface area contributed by atoms with Crippen molar-refractivity contribution in [2.75, 3.05) is 20.6 Å². The van der Waals surface area contributed by atoms with Crippen molar-refractivity contribution < 1.29 is 9.72 Å². The van der Waals surface area contributed by atoms with Crippen LogP contribution in [0, 0.1) is 10.1 Å². The number of nitro groups is 1. The van der Waals surface area contributed by atoms with E-state index < -0.39 is 4.92 Å². The van der Waals surface area contributed by atoms with Crippen LogP contribution in [0.5, 0.6) is 0 Å². The molecule has 0 fully saturated rings. The van der Waals surface area contributed by atoms with Crippen LogP contribution in [0.15, 0.2) is 35.0 Å². The van der Waals surface area contributed by atoms with E-state index in [0.29, 0.717) is 6.54 Å². The van der Waals surface area contributed by atoms with Crippen molar-refractivity contribution in [3.63, 3.8) is 0 Å². The van der Waals surface area contributed by atoms with Crippen LogP contribution in [0.4, 0.5) is 5.69 Å². The molecule has 6 nitrogen and oxygen atoms in total. The van der Waals surface area contributed by atoms with E-state index in [2.05, 4.69) is 5.32 Å². The third-order valence-electron chi connectivity index (χ3n) is 3.41. The Labute approximate surface area is 142 Å².